The summed E-state index contributed by atoms with van der Waals surface area (Å²) in [7, 11) is -3.63. The van der Waals surface area contributed by atoms with Gasteiger partial charge in [0.2, 0.25) is 11.9 Å². The van der Waals surface area contributed by atoms with Crippen LogP contribution in [0.3, 0.4) is 0 Å². The number of fused-ring (bicyclic) bond motifs is 1. The van der Waals surface area contributed by atoms with Crippen LogP contribution in [-0.2, 0) is 14.8 Å². The number of anilines is 3. The van der Waals surface area contributed by atoms with Crippen molar-refractivity contribution >= 4 is 44.3 Å². The van der Waals surface area contributed by atoms with Gasteiger partial charge in [-0.25, -0.2) is 18.4 Å². The molecule has 1 saturated heterocycles. The van der Waals surface area contributed by atoms with Gasteiger partial charge >= 0.3 is 0 Å². The fourth-order valence-electron chi connectivity index (χ4n) is 4.85. The van der Waals surface area contributed by atoms with E-state index in [0.717, 1.165) is 48.3 Å². The van der Waals surface area contributed by atoms with Crippen LogP contribution in [0.2, 0.25) is 0 Å². The molecule has 202 valence electrons. The van der Waals surface area contributed by atoms with Crippen molar-refractivity contribution < 1.29 is 13.2 Å². The van der Waals surface area contributed by atoms with E-state index in [-0.39, 0.29) is 10.8 Å². The number of nitrogens with zero attached hydrogens (tertiary/aromatic N) is 5. The van der Waals surface area contributed by atoms with E-state index < -0.39 is 10.0 Å². The van der Waals surface area contributed by atoms with Crippen molar-refractivity contribution in [2.75, 3.05) is 30.3 Å². The second kappa shape index (κ2) is 11.0. The van der Waals surface area contributed by atoms with Gasteiger partial charge in [0.25, 0.3) is 10.0 Å². The second-order valence-electron chi connectivity index (χ2n) is 9.47. The minimum atomic E-state index is -3.63. The zero-order valence-corrected chi connectivity index (χ0v) is 23.0. The van der Waals surface area contributed by atoms with Gasteiger partial charge in [0.15, 0.2) is 0 Å². The first-order valence-electron chi connectivity index (χ1n) is 12.9. The lowest BCUT2D eigenvalue weighted by Gasteiger charge is -2.29. The van der Waals surface area contributed by atoms with Gasteiger partial charge in [-0.15, -0.1) is 14.6 Å². The molecule has 0 aliphatic carbocycles. The highest BCUT2D eigenvalue weighted by Gasteiger charge is 2.30. The summed E-state index contributed by atoms with van der Waals surface area (Å²) in [5, 5.41) is 16.5. The number of carbonyl (C=O) groups is 1. The van der Waals surface area contributed by atoms with Crippen molar-refractivity contribution in [3.05, 3.63) is 66.2 Å². The quantitative estimate of drug-likeness (QED) is 0.326. The number of sulfonamides is 1. The highest BCUT2D eigenvalue weighted by atomic mass is 32.2. The maximum absolute atomic E-state index is 13.2. The lowest BCUT2D eigenvalue weighted by molar-refractivity contribution is -0.114. The van der Waals surface area contributed by atoms with Gasteiger partial charge in [-0.05, 0) is 80.3 Å². The van der Waals surface area contributed by atoms with E-state index in [4.69, 9.17) is 0 Å². The first-order chi connectivity index (χ1) is 18.8. The standard InChI is InChI=1S/C28H31N7O3S/c1-4-35(34-15-7-8-16-34)39(37,38)22-13-11-21(12-14-22)30-28-31-26-17-19(2)24(18-27(26)32-33-28)23-9-5-6-10-25(23)29-20(3)36/h5-6,9-14,17-18H,4,7-8,15-16H2,1-3H3,(H,29,36)(H,30,31,33). The maximum Gasteiger partial charge on any atom is 0.255 e. The zero-order valence-electron chi connectivity index (χ0n) is 22.2. The Morgan fingerprint density at radius 2 is 1.69 bits per heavy atom. The van der Waals surface area contributed by atoms with Crippen LogP contribution in [-0.4, -0.2) is 58.6 Å². The Balaban J connectivity index is 1.37. The average molecular weight is 546 g/mol. The molecule has 0 saturated carbocycles. The highest BCUT2D eigenvalue weighted by Crippen LogP contribution is 2.33. The third kappa shape index (κ3) is 5.60. The van der Waals surface area contributed by atoms with Crippen LogP contribution in [0, 0.1) is 6.92 Å². The highest BCUT2D eigenvalue weighted by molar-refractivity contribution is 7.89. The number of hydrazine groups is 1. The first kappa shape index (κ1) is 26.7. The Morgan fingerprint density at radius 3 is 2.38 bits per heavy atom. The molecule has 1 aromatic heterocycles. The monoisotopic (exact) mass is 545 g/mol. The number of amides is 1. The summed E-state index contributed by atoms with van der Waals surface area (Å²) < 4.78 is 27.9. The van der Waals surface area contributed by atoms with E-state index in [0.29, 0.717) is 29.2 Å². The number of benzene rings is 3. The molecule has 2 N–H and O–H groups in total. The van der Waals surface area contributed by atoms with Crippen molar-refractivity contribution in [3.8, 4) is 11.1 Å². The number of rotatable bonds is 8. The normalized spacial score (nSPS) is 14.2. The molecule has 0 radical (unpaired) electrons. The molecule has 0 unspecified atom stereocenters. The van der Waals surface area contributed by atoms with Crippen LogP contribution < -0.4 is 10.6 Å². The van der Waals surface area contributed by atoms with Crippen molar-refractivity contribution in [2.45, 2.75) is 38.5 Å². The molecule has 10 nitrogen and oxygen atoms in total. The average Bonchev–Trinajstić information content (AvgIpc) is 3.43. The fraction of sp³-hybridized carbons (Fsp3) is 0.286. The molecule has 39 heavy (non-hydrogen) atoms. The third-order valence-corrected chi connectivity index (χ3v) is 8.59. The molecule has 1 aliphatic rings. The zero-order chi connectivity index (χ0) is 27.6. The minimum Gasteiger partial charge on any atom is -0.326 e. The predicted molar refractivity (Wildman–Crippen MR) is 152 cm³/mol. The van der Waals surface area contributed by atoms with Gasteiger partial charge in [0.1, 0.15) is 5.52 Å². The van der Waals surface area contributed by atoms with Crippen LogP contribution in [0.4, 0.5) is 17.3 Å². The van der Waals surface area contributed by atoms with Gasteiger partial charge in [-0.2, -0.15) is 0 Å². The van der Waals surface area contributed by atoms with Crippen LogP contribution in [0.1, 0.15) is 32.3 Å². The fourth-order valence-corrected chi connectivity index (χ4v) is 6.39. The summed E-state index contributed by atoms with van der Waals surface area (Å²) in [6, 6.07) is 18.0. The topological polar surface area (TPSA) is 120 Å². The number of aromatic nitrogens is 3. The SMILES string of the molecule is CCN(N1CCCC1)S(=O)(=O)c1ccc(Nc2nnc3cc(-c4ccccc4NC(C)=O)c(C)cc3n2)cc1. The van der Waals surface area contributed by atoms with Gasteiger partial charge in [0, 0.05) is 43.5 Å². The van der Waals surface area contributed by atoms with Crippen molar-refractivity contribution in [3.63, 3.8) is 0 Å². The van der Waals surface area contributed by atoms with Gasteiger partial charge in [0.05, 0.1) is 10.4 Å². The van der Waals surface area contributed by atoms with Crippen LogP contribution in [0.15, 0.2) is 65.6 Å². The number of carbonyl (C=O) groups excluding carboxylic acids is 1. The Bertz CT molecular complexity index is 1620. The molecule has 1 amide bonds. The van der Waals surface area contributed by atoms with Crippen LogP contribution in [0.25, 0.3) is 22.2 Å². The minimum absolute atomic E-state index is 0.141. The number of nitrogens with one attached hydrogen (secondary N) is 2. The first-order valence-corrected chi connectivity index (χ1v) is 14.4. The molecular weight excluding hydrogens is 514 g/mol. The van der Waals surface area contributed by atoms with Crippen molar-refractivity contribution in [1.29, 1.82) is 0 Å². The second-order valence-corrected chi connectivity index (χ2v) is 11.3. The molecule has 3 aromatic carbocycles. The van der Waals surface area contributed by atoms with E-state index >= 15 is 0 Å². The van der Waals surface area contributed by atoms with E-state index in [1.54, 1.807) is 24.3 Å². The molecule has 0 atom stereocenters. The summed E-state index contributed by atoms with van der Waals surface area (Å²) in [4.78, 5) is 16.5. The molecule has 2 heterocycles. The Kier molecular flexibility index (Phi) is 7.56. The third-order valence-electron chi connectivity index (χ3n) is 6.68. The maximum atomic E-state index is 13.2. The molecule has 1 fully saturated rings. The Hall–Kier alpha value is -3.93. The summed E-state index contributed by atoms with van der Waals surface area (Å²) in [6.07, 6.45) is 2.00. The smallest absolute Gasteiger partial charge is 0.255 e. The molecule has 0 bridgehead atoms. The molecule has 11 heteroatoms. The summed E-state index contributed by atoms with van der Waals surface area (Å²) in [5.74, 6) is 0.161. The number of hydrogen-bond donors (Lipinski definition) is 2. The Morgan fingerprint density at radius 1 is 0.974 bits per heavy atom. The van der Waals surface area contributed by atoms with Gasteiger partial charge in [-0.3, -0.25) is 4.79 Å². The largest absolute Gasteiger partial charge is 0.326 e. The van der Waals surface area contributed by atoms with E-state index in [2.05, 4.69) is 25.8 Å². The number of hydrogen-bond acceptors (Lipinski definition) is 8. The van der Waals surface area contributed by atoms with E-state index in [1.807, 2.05) is 55.3 Å². The van der Waals surface area contributed by atoms with Crippen molar-refractivity contribution in [1.82, 2.24) is 24.6 Å². The number of para-hydroxylation sites is 1. The number of aryl methyl sites for hydroxylation is 1. The molecular formula is C28H31N7O3S. The predicted octanol–water partition coefficient (Wildman–Crippen LogP) is 4.72. The van der Waals surface area contributed by atoms with E-state index in [1.165, 1.54) is 11.3 Å². The summed E-state index contributed by atoms with van der Waals surface area (Å²) >= 11 is 0. The van der Waals surface area contributed by atoms with Crippen LogP contribution in [0.5, 0.6) is 0 Å². The molecule has 0 spiro atoms. The Labute approximate surface area is 228 Å². The van der Waals surface area contributed by atoms with E-state index in [9.17, 15) is 13.2 Å². The van der Waals surface area contributed by atoms with Gasteiger partial charge < -0.3 is 10.6 Å². The van der Waals surface area contributed by atoms with Gasteiger partial charge in [-0.1, -0.05) is 18.2 Å². The lowest BCUT2D eigenvalue weighted by Crippen LogP contribution is -2.44. The molecule has 5 rings (SSSR count). The van der Waals surface area contributed by atoms with Crippen LogP contribution >= 0.6 is 0 Å². The molecule has 4 aromatic rings. The lowest BCUT2D eigenvalue weighted by atomic mass is 9.98. The summed E-state index contributed by atoms with van der Waals surface area (Å²) in [6.45, 7) is 7.20. The molecule has 1 aliphatic heterocycles. The summed E-state index contributed by atoms with van der Waals surface area (Å²) in [5.41, 5.74) is 5.43. The van der Waals surface area contributed by atoms with Crippen molar-refractivity contribution in [2.24, 2.45) is 0 Å².